The molecule has 0 aromatic carbocycles. The van der Waals surface area contributed by atoms with Crippen LogP contribution in [0.3, 0.4) is 0 Å². The molecule has 104 valence electrons. The van der Waals surface area contributed by atoms with Gasteiger partial charge in [0.05, 0.1) is 24.4 Å². The molecule has 1 atom stereocenters. The van der Waals surface area contributed by atoms with Crippen molar-refractivity contribution < 1.29 is 14.6 Å². The first kappa shape index (κ1) is 16.8. The molecule has 0 saturated carbocycles. The number of ether oxygens (including phenoxy) is 2. The van der Waals surface area contributed by atoms with Crippen LogP contribution in [0.25, 0.3) is 0 Å². The van der Waals surface area contributed by atoms with Crippen LogP contribution in [-0.2, 0) is 9.47 Å². The van der Waals surface area contributed by atoms with Gasteiger partial charge in [-0.3, -0.25) is 0 Å². The van der Waals surface area contributed by atoms with Gasteiger partial charge in [-0.2, -0.15) is 0 Å². The van der Waals surface area contributed by atoms with Crippen LogP contribution in [0.5, 0.6) is 0 Å². The second-order valence-electron chi connectivity index (χ2n) is 5.55. The quantitative estimate of drug-likeness (QED) is 0.607. The Morgan fingerprint density at radius 2 is 1.88 bits per heavy atom. The SMILES string of the molecule is CC(C)OCCCNC[C@H](O)COC(C)(C)C. The molecule has 0 aromatic heterocycles. The molecule has 0 aliphatic rings. The van der Waals surface area contributed by atoms with Crippen LogP contribution in [0.2, 0.25) is 0 Å². The van der Waals surface area contributed by atoms with Crippen molar-refractivity contribution in [3.8, 4) is 0 Å². The van der Waals surface area contributed by atoms with Crippen LogP contribution in [0, 0.1) is 0 Å². The molecular formula is C13H29NO3. The Balaban J connectivity index is 3.31. The minimum absolute atomic E-state index is 0.188. The Morgan fingerprint density at radius 3 is 2.41 bits per heavy atom. The van der Waals surface area contributed by atoms with Crippen LogP contribution in [0.1, 0.15) is 41.0 Å². The molecule has 2 N–H and O–H groups in total. The second-order valence-corrected chi connectivity index (χ2v) is 5.55. The molecule has 0 aliphatic heterocycles. The summed E-state index contributed by atoms with van der Waals surface area (Å²) >= 11 is 0. The number of aliphatic hydroxyl groups is 1. The largest absolute Gasteiger partial charge is 0.389 e. The molecule has 0 unspecified atom stereocenters. The van der Waals surface area contributed by atoms with E-state index in [1.165, 1.54) is 0 Å². The zero-order valence-electron chi connectivity index (χ0n) is 12.0. The van der Waals surface area contributed by atoms with E-state index in [-0.39, 0.29) is 5.60 Å². The molecule has 0 fully saturated rings. The van der Waals surface area contributed by atoms with E-state index < -0.39 is 6.10 Å². The highest BCUT2D eigenvalue weighted by Crippen LogP contribution is 2.06. The average Bonchev–Trinajstić information content (AvgIpc) is 2.19. The van der Waals surface area contributed by atoms with Gasteiger partial charge in [-0.05, 0) is 47.6 Å². The highest BCUT2D eigenvalue weighted by atomic mass is 16.5. The summed E-state index contributed by atoms with van der Waals surface area (Å²) in [6, 6.07) is 0. The molecular weight excluding hydrogens is 218 g/mol. The molecule has 0 bridgehead atoms. The number of aliphatic hydroxyl groups excluding tert-OH is 1. The van der Waals surface area contributed by atoms with E-state index in [1.807, 2.05) is 34.6 Å². The van der Waals surface area contributed by atoms with Gasteiger partial charge in [-0.1, -0.05) is 0 Å². The lowest BCUT2D eigenvalue weighted by molar-refractivity contribution is -0.0479. The summed E-state index contributed by atoms with van der Waals surface area (Å²) in [7, 11) is 0. The highest BCUT2D eigenvalue weighted by molar-refractivity contribution is 4.64. The van der Waals surface area contributed by atoms with Crippen LogP contribution < -0.4 is 5.32 Å². The van der Waals surface area contributed by atoms with Gasteiger partial charge in [0, 0.05) is 13.2 Å². The first-order chi connectivity index (χ1) is 7.81. The van der Waals surface area contributed by atoms with Crippen LogP contribution in [-0.4, -0.2) is 49.2 Å². The van der Waals surface area contributed by atoms with Gasteiger partial charge in [0.25, 0.3) is 0 Å². The van der Waals surface area contributed by atoms with Gasteiger partial charge in [0.15, 0.2) is 0 Å². The van der Waals surface area contributed by atoms with E-state index >= 15 is 0 Å². The molecule has 0 saturated heterocycles. The zero-order valence-corrected chi connectivity index (χ0v) is 12.0. The van der Waals surface area contributed by atoms with Crippen molar-refractivity contribution in [1.82, 2.24) is 5.32 Å². The number of hydrogen-bond acceptors (Lipinski definition) is 4. The highest BCUT2D eigenvalue weighted by Gasteiger charge is 2.13. The molecule has 0 rings (SSSR count). The fourth-order valence-corrected chi connectivity index (χ4v) is 1.19. The minimum Gasteiger partial charge on any atom is -0.389 e. The van der Waals surface area contributed by atoms with E-state index in [0.717, 1.165) is 19.6 Å². The van der Waals surface area contributed by atoms with Gasteiger partial charge in [-0.15, -0.1) is 0 Å². The fourth-order valence-electron chi connectivity index (χ4n) is 1.19. The summed E-state index contributed by atoms with van der Waals surface area (Å²) in [5.74, 6) is 0. The van der Waals surface area contributed by atoms with Crippen molar-refractivity contribution >= 4 is 0 Å². The summed E-state index contributed by atoms with van der Waals surface area (Å²) in [5, 5.41) is 12.8. The predicted molar refractivity (Wildman–Crippen MR) is 70.3 cm³/mol. The maximum atomic E-state index is 9.64. The lowest BCUT2D eigenvalue weighted by Gasteiger charge is -2.22. The fraction of sp³-hybridized carbons (Fsp3) is 1.00. The third kappa shape index (κ3) is 13.8. The smallest absolute Gasteiger partial charge is 0.0897 e. The van der Waals surface area contributed by atoms with Crippen molar-refractivity contribution in [1.29, 1.82) is 0 Å². The van der Waals surface area contributed by atoms with E-state index in [2.05, 4.69) is 5.32 Å². The molecule has 4 heteroatoms. The number of nitrogens with one attached hydrogen (secondary N) is 1. The predicted octanol–water partition coefficient (Wildman–Crippen LogP) is 1.57. The molecule has 0 spiro atoms. The Morgan fingerprint density at radius 1 is 1.24 bits per heavy atom. The summed E-state index contributed by atoms with van der Waals surface area (Å²) < 4.78 is 10.9. The molecule has 4 nitrogen and oxygen atoms in total. The molecule has 0 radical (unpaired) electrons. The number of hydrogen-bond donors (Lipinski definition) is 2. The number of rotatable bonds is 9. The summed E-state index contributed by atoms with van der Waals surface area (Å²) in [6.07, 6.45) is 0.811. The van der Waals surface area contributed by atoms with Crippen molar-refractivity contribution in [3.05, 3.63) is 0 Å². The van der Waals surface area contributed by atoms with Crippen molar-refractivity contribution in [2.45, 2.75) is 58.8 Å². The topological polar surface area (TPSA) is 50.7 Å². The summed E-state index contributed by atoms with van der Waals surface area (Å²) in [4.78, 5) is 0. The van der Waals surface area contributed by atoms with E-state index in [9.17, 15) is 5.11 Å². The Kier molecular flexibility index (Phi) is 8.78. The monoisotopic (exact) mass is 247 g/mol. The molecule has 0 aromatic rings. The van der Waals surface area contributed by atoms with Gasteiger partial charge in [0.2, 0.25) is 0 Å². The standard InChI is InChI=1S/C13H29NO3/c1-11(2)16-8-6-7-14-9-12(15)10-17-13(3,4)5/h11-12,14-15H,6-10H2,1-5H3/t12-/m0/s1. The molecule has 17 heavy (non-hydrogen) atoms. The van der Waals surface area contributed by atoms with Crippen molar-refractivity contribution in [3.63, 3.8) is 0 Å². The second kappa shape index (κ2) is 8.86. The Labute approximate surface area is 106 Å². The first-order valence-corrected chi connectivity index (χ1v) is 6.45. The van der Waals surface area contributed by atoms with Crippen molar-refractivity contribution in [2.24, 2.45) is 0 Å². The zero-order chi connectivity index (χ0) is 13.3. The van der Waals surface area contributed by atoms with Gasteiger partial charge < -0.3 is 19.9 Å². The maximum absolute atomic E-state index is 9.64. The summed E-state index contributed by atoms with van der Waals surface area (Å²) in [5.41, 5.74) is -0.188. The normalized spacial score (nSPS) is 14.3. The molecule has 0 aliphatic carbocycles. The average molecular weight is 247 g/mol. The van der Waals surface area contributed by atoms with Crippen LogP contribution in [0.15, 0.2) is 0 Å². The van der Waals surface area contributed by atoms with Gasteiger partial charge in [-0.25, -0.2) is 0 Å². The third-order valence-electron chi connectivity index (χ3n) is 2.04. The lowest BCUT2D eigenvalue weighted by atomic mass is 10.2. The maximum Gasteiger partial charge on any atom is 0.0897 e. The van der Waals surface area contributed by atoms with E-state index in [1.54, 1.807) is 0 Å². The Bertz CT molecular complexity index is 178. The van der Waals surface area contributed by atoms with Crippen LogP contribution >= 0.6 is 0 Å². The van der Waals surface area contributed by atoms with E-state index in [4.69, 9.17) is 9.47 Å². The summed E-state index contributed by atoms with van der Waals surface area (Å²) in [6.45, 7) is 12.6. The van der Waals surface area contributed by atoms with E-state index in [0.29, 0.717) is 19.3 Å². The van der Waals surface area contributed by atoms with Gasteiger partial charge in [0.1, 0.15) is 0 Å². The van der Waals surface area contributed by atoms with Crippen molar-refractivity contribution in [2.75, 3.05) is 26.3 Å². The first-order valence-electron chi connectivity index (χ1n) is 6.45. The van der Waals surface area contributed by atoms with Gasteiger partial charge >= 0.3 is 0 Å². The minimum atomic E-state index is -0.444. The molecule has 0 heterocycles. The van der Waals surface area contributed by atoms with Crippen LogP contribution in [0.4, 0.5) is 0 Å². The lowest BCUT2D eigenvalue weighted by Crippen LogP contribution is -2.34. The Hall–Kier alpha value is -0.160. The molecule has 0 amide bonds. The third-order valence-corrected chi connectivity index (χ3v) is 2.04.